The van der Waals surface area contributed by atoms with Crippen LogP contribution in [0, 0.1) is 0 Å². The van der Waals surface area contributed by atoms with E-state index in [1.54, 1.807) is 7.11 Å². The third-order valence-corrected chi connectivity index (χ3v) is 4.28. The maximum Gasteiger partial charge on any atom is 0.140 e. The molecule has 0 heterocycles. The van der Waals surface area contributed by atoms with Gasteiger partial charge in [-0.15, -0.1) is 0 Å². The van der Waals surface area contributed by atoms with Crippen molar-refractivity contribution in [2.24, 2.45) is 0 Å². The average molecular weight is 260 g/mol. The van der Waals surface area contributed by atoms with E-state index < -0.39 is 0 Å². The molecular weight excluding hydrogens is 236 g/mol. The van der Waals surface area contributed by atoms with Crippen LogP contribution in [0.25, 0.3) is 0 Å². The summed E-state index contributed by atoms with van der Waals surface area (Å²) in [6.45, 7) is 4.07. The molecule has 0 aliphatic heterocycles. The highest BCUT2D eigenvalue weighted by Crippen LogP contribution is 2.33. The standard InChI is InChI=1S/C17H24O2/c1-17(2,19-3)12-11-16(18)15-10-6-8-13-7-4-5-9-14(13)15/h4-5,7,9,15H,6,8,10-12H2,1-3H3. The molecule has 2 heteroatoms. The summed E-state index contributed by atoms with van der Waals surface area (Å²) in [6.07, 6.45) is 4.65. The number of carbonyl (C=O) groups excluding carboxylic acids is 1. The lowest BCUT2D eigenvalue weighted by Crippen LogP contribution is -2.26. The number of ether oxygens (including phenoxy) is 1. The van der Waals surface area contributed by atoms with E-state index in [-0.39, 0.29) is 11.5 Å². The molecular formula is C17H24O2. The second kappa shape index (κ2) is 5.87. The number of hydrogen-bond donors (Lipinski definition) is 0. The zero-order valence-electron chi connectivity index (χ0n) is 12.2. The Balaban J connectivity index is 2.05. The van der Waals surface area contributed by atoms with Crippen molar-refractivity contribution in [1.29, 1.82) is 0 Å². The smallest absolute Gasteiger partial charge is 0.140 e. The van der Waals surface area contributed by atoms with Crippen LogP contribution in [0.3, 0.4) is 0 Å². The molecule has 0 amide bonds. The van der Waals surface area contributed by atoms with E-state index in [1.165, 1.54) is 11.1 Å². The van der Waals surface area contributed by atoms with Crippen LogP contribution in [0.4, 0.5) is 0 Å². The van der Waals surface area contributed by atoms with Gasteiger partial charge in [-0.2, -0.15) is 0 Å². The summed E-state index contributed by atoms with van der Waals surface area (Å²) in [5.74, 6) is 0.481. The first-order chi connectivity index (χ1) is 9.03. The fourth-order valence-electron chi connectivity index (χ4n) is 2.79. The predicted molar refractivity (Wildman–Crippen MR) is 77.5 cm³/mol. The van der Waals surface area contributed by atoms with Crippen LogP contribution < -0.4 is 0 Å². The molecule has 0 saturated heterocycles. The zero-order chi connectivity index (χ0) is 13.9. The molecule has 0 saturated carbocycles. The molecule has 0 N–H and O–H groups in total. The molecule has 0 spiro atoms. The molecule has 2 nitrogen and oxygen atoms in total. The number of hydrogen-bond acceptors (Lipinski definition) is 2. The second-order valence-corrected chi connectivity index (χ2v) is 6.07. The largest absolute Gasteiger partial charge is 0.379 e. The van der Waals surface area contributed by atoms with Crippen molar-refractivity contribution in [2.45, 2.75) is 57.5 Å². The molecule has 19 heavy (non-hydrogen) atoms. The Morgan fingerprint density at radius 1 is 1.37 bits per heavy atom. The monoisotopic (exact) mass is 260 g/mol. The van der Waals surface area contributed by atoms with Crippen molar-refractivity contribution in [3.8, 4) is 0 Å². The fourth-order valence-corrected chi connectivity index (χ4v) is 2.79. The van der Waals surface area contributed by atoms with Gasteiger partial charge in [0, 0.05) is 19.4 Å². The number of ketones is 1. The van der Waals surface area contributed by atoms with Crippen molar-refractivity contribution in [1.82, 2.24) is 0 Å². The highest BCUT2D eigenvalue weighted by molar-refractivity contribution is 5.86. The molecule has 104 valence electrons. The Bertz CT molecular complexity index is 448. The summed E-state index contributed by atoms with van der Waals surface area (Å²) in [7, 11) is 1.71. The van der Waals surface area contributed by atoms with Crippen LogP contribution in [0.5, 0.6) is 0 Å². The quantitative estimate of drug-likeness (QED) is 0.803. The van der Waals surface area contributed by atoms with Crippen molar-refractivity contribution < 1.29 is 9.53 Å². The maximum atomic E-state index is 12.5. The number of methoxy groups -OCH3 is 1. The zero-order valence-corrected chi connectivity index (χ0v) is 12.2. The molecule has 0 radical (unpaired) electrons. The van der Waals surface area contributed by atoms with Crippen LogP contribution >= 0.6 is 0 Å². The van der Waals surface area contributed by atoms with E-state index in [9.17, 15) is 4.79 Å². The topological polar surface area (TPSA) is 26.3 Å². The minimum Gasteiger partial charge on any atom is -0.379 e. The Hall–Kier alpha value is -1.15. The van der Waals surface area contributed by atoms with Gasteiger partial charge in [0.25, 0.3) is 0 Å². The summed E-state index contributed by atoms with van der Waals surface area (Å²) < 4.78 is 5.39. The Morgan fingerprint density at radius 3 is 2.84 bits per heavy atom. The summed E-state index contributed by atoms with van der Waals surface area (Å²) in [5, 5.41) is 0. The summed E-state index contributed by atoms with van der Waals surface area (Å²) in [5.41, 5.74) is 2.41. The van der Waals surface area contributed by atoms with E-state index in [0.29, 0.717) is 12.2 Å². The normalized spacial score (nSPS) is 19.0. The van der Waals surface area contributed by atoms with E-state index >= 15 is 0 Å². The highest BCUT2D eigenvalue weighted by Gasteiger charge is 2.27. The second-order valence-electron chi connectivity index (χ2n) is 6.07. The van der Waals surface area contributed by atoms with E-state index in [0.717, 1.165) is 25.7 Å². The first-order valence-corrected chi connectivity index (χ1v) is 7.19. The van der Waals surface area contributed by atoms with Crippen LogP contribution in [-0.4, -0.2) is 18.5 Å². The van der Waals surface area contributed by atoms with Gasteiger partial charge in [-0.3, -0.25) is 4.79 Å². The van der Waals surface area contributed by atoms with Crippen molar-refractivity contribution in [2.75, 3.05) is 7.11 Å². The van der Waals surface area contributed by atoms with E-state index in [4.69, 9.17) is 4.74 Å². The molecule has 1 unspecified atom stereocenters. The predicted octanol–water partition coefficient (Wildman–Crippen LogP) is 3.88. The van der Waals surface area contributed by atoms with Crippen molar-refractivity contribution in [3.05, 3.63) is 35.4 Å². The number of Topliss-reactive ketones (excluding diaryl/α,β-unsaturated/α-hetero) is 1. The SMILES string of the molecule is COC(C)(C)CCC(=O)C1CCCc2ccccc21. The van der Waals surface area contributed by atoms with Crippen LogP contribution in [0.2, 0.25) is 0 Å². The van der Waals surface area contributed by atoms with Crippen LogP contribution in [-0.2, 0) is 16.0 Å². The number of benzene rings is 1. The molecule has 1 aliphatic rings. The third kappa shape index (κ3) is 3.44. The summed E-state index contributed by atoms with van der Waals surface area (Å²) in [6, 6.07) is 8.40. The summed E-state index contributed by atoms with van der Waals surface area (Å²) in [4.78, 5) is 12.5. The average Bonchev–Trinajstić information content (AvgIpc) is 2.44. The van der Waals surface area contributed by atoms with E-state index in [2.05, 4.69) is 18.2 Å². The van der Waals surface area contributed by atoms with Gasteiger partial charge in [-0.1, -0.05) is 24.3 Å². The van der Waals surface area contributed by atoms with Crippen molar-refractivity contribution in [3.63, 3.8) is 0 Å². The molecule has 0 bridgehead atoms. The number of carbonyl (C=O) groups is 1. The van der Waals surface area contributed by atoms with Gasteiger partial charge in [0.05, 0.1) is 5.60 Å². The minimum atomic E-state index is -0.205. The molecule has 1 aromatic carbocycles. The van der Waals surface area contributed by atoms with Crippen LogP contribution in [0.15, 0.2) is 24.3 Å². The lowest BCUT2D eigenvalue weighted by atomic mass is 9.79. The Labute approximate surface area is 116 Å². The lowest BCUT2D eigenvalue weighted by Gasteiger charge is -2.27. The van der Waals surface area contributed by atoms with Gasteiger partial charge in [0.2, 0.25) is 0 Å². The van der Waals surface area contributed by atoms with Gasteiger partial charge in [0.1, 0.15) is 5.78 Å². The first kappa shape index (κ1) is 14.3. The molecule has 1 atom stereocenters. The lowest BCUT2D eigenvalue weighted by molar-refractivity contribution is -0.122. The molecule has 1 aromatic rings. The van der Waals surface area contributed by atoms with Crippen LogP contribution in [0.1, 0.15) is 56.6 Å². The van der Waals surface area contributed by atoms with Gasteiger partial charge in [0.15, 0.2) is 0 Å². The number of fused-ring (bicyclic) bond motifs is 1. The van der Waals surface area contributed by atoms with E-state index in [1.807, 2.05) is 19.9 Å². The van der Waals surface area contributed by atoms with Gasteiger partial charge >= 0.3 is 0 Å². The molecule has 1 aliphatic carbocycles. The fraction of sp³-hybridized carbons (Fsp3) is 0.588. The third-order valence-electron chi connectivity index (χ3n) is 4.28. The Kier molecular flexibility index (Phi) is 4.41. The van der Waals surface area contributed by atoms with Gasteiger partial charge in [-0.25, -0.2) is 0 Å². The summed E-state index contributed by atoms with van der Waals surface area (Å²) >= 11 is 0. The first-order valence-electron chi connectivity index (χ1n) is 7.19. The Morgan fingerprint density at radius 2 is 2.11 bits per heavy atom. The molecule has 0 fully saturated rings. The molecule has 0 aromatic heterocycles. The van der Waals surface area contributed by atoms with Gasteiger partial charge < -0.3 is 4.74 Å². The minimum absolute atomic E-state index is 0.109. The highest BCUT2D eigenvalue weighted by atomic mass is 16.5. The van der Waals surface area contributed by atoms with Crippen molar-refractivity contribution >= 4 is 5.78 Å². The number of rotatable bonds is 5. The number of aryl methyl sites for hydroxylation is 1. The maximum absolute atomic E-state index is 12.5. The molecule has 2 rings (SSSR count). The van der Waals surface area contributed by atoms with Gasteiger partial charge in [-0.05, 0) is 50.7 Å².